The van der Waals surface area contributed by atoms with Crippen LogP contribution in [0.5, 0.6) is 5.75 Å². The van der Waals surface area contributed by atoms with Crippen LogP contribution in [0.15, 0.2) is 18.2 Å². The number of ketones is 1. The van der Waals surface area contributed by atoms with Gasteiger partial charge < -0.3 is 30.7 Å². The molecule has 37 heavy (non-hydrogen) atoms. The van der Waals surface area contributed by atoms with Crippen LogP contribution in [0.3, 0.4) is 0 Å². The van der Waals surface area contributed by atoms with E-state index in [1.165, 1.54) is 17.0 Å². The number of hydrogen-bond donors (Lipinski definition) is 4. The molecule has 2 aliphatic heterocycles. The van der Waals surface area contributed by atoms with Crippen LogP contribution in [0, 0.1) is 0 Å². The molecule has 1 aromatic carbocycles. The number of carbonyl (C=O) groups excluding carboxylic acids is 4. The first-order valence-corrected chi connectivity index (χ1v) is 12.1. The third-order valence-electron chi connectivity index (χ3n) is 6.16. The van der Waals surface area contributed by atoms with Gasteiger partial charge in [0.05, 0.1) is 5.56 Å². The van der Waals surface area contributed by atoms with Gasteiger partial charge in [0.2, 0.25) is 0 Å². The molecule has 4 amide bonds. The molecule has 2 aromatic rings. The van der Waals surface area contributed by atoms with Crippen LogP contribution in [-0.2, 0) is 20.8 Å². The van der Waals surface area contributed by atoms with E-state index in [9.17, 15) is 34.1 Å². The van der Waals surface area contributed by atoms with E-state index >= 15 is 0 Å². The van der Waals surface area contributed by atoms with E-state index in [1.807, 2.05) is 0 Å². The van der Waals surface area contributed by atoms with Crippen molar-refractivity contribution in [2.45, 2.75) is 31.6 Å². The topological polar surface area (TPSA) is 205 Å². The number of nitrogen functional groups attached to an aromatic ring is 1. The zero-order valence-corrected chi connectivity index (χ0v) is 20.4. The van der Waals surface area contributed by atoms with Crippen molar-refractivity contribution in [1.82, 2.24) is 24.5 Å². The predicted molar refractivity (Wildman–Crippen MR) is 129 cm³/mol. The van der Waals surface area contributed by atoms with Crippen LogP contribution in [-0.4, -0.2) is 85.6 Å². The smallest absolute Gasteiger partial charge is 0.526 e. The molecular weight excluding hydrogens is 507 g/mol. The first kappa shape index (κ1) is 26.0. The van der Waals surface area contributed by atoms with E-state index < -0.39 is 48.6 Å². The number of likely N-dealkylation sites (N-methyl/N-ethyl adjacent to an activating group) is 1. The van der Waals surface area contributed by atoms with Crippen LogP contribution >= 0.6 is 11.5 Å². The fourth-order valence-electron chi connectivity index (χ4n) is 4.23. The van der Waals surface area contributed by atoms with Crippen molar-refractivity contribution in [3.05, 3.63) is 35.2 Å². The van der Waals surface area contributed by atoms with Gasteiger partial charge in [-0.15, -0.1) is 0 Å². The van der Waals surface area contributed by atoms with Crippen molar-refractivity contribution in [2.75, 3.05) is 25.4 Å². The van der Waals surface area contributed by atoms with Gasteiger partial charge in [0.1, 0.15) is 5.75 Å². The fraction of sp³-hybridized carbons (Fsp3) is 0.381. The minimum Gasteiger partial charge on any atom is -0.535 e. The molecule has 1 saturated heterocycles. The summed E-state index contributed by atoms with van der Waals surface area (Å²) in [5.41, 5.74) is 6.04. The molecular formula is C21H23BN6O8S. The van der Waals surface area contributed by atoms with Gasteiger partial charge in [-0.25, -0.2) is 14.6 Å². The molecule has 2 aliphatic rings. The summed E-state index contributed by atoms with van der Waals surface area (Å²) in [7, 11) is -1.50. The largest absolute Gasteiger partial charge is 0.535 e. The number of hydrogen-bond acceptors (Lipinski definition) is 11. The third-order valence-corrected chi connectivity index (χ3v) is 6.71. The average molecular weight is 530 g/mol. The highest BCUT2D eigenvalue weighted by molar-refractivity contribution is 7.09. The van der Waals surface area contributed by atoms with Gasteiger partial charge >= 0.3 is 30.9 Å². The fourth-order valence-corrected chi connectivity index (χ4v) is 4.70. The molecule has 5 N–H and O–H groups in total. The van der Waals surface area contributed by atoms with Crippen molar-refractivity contribution in [3.8, 4) is 5.75 Å². The number of carboxylic acids is 1. The highest BCUT2D eigenvalue weighted by atomic mass is 32.1. The number of imide groups is 1. The van der Waals surface area contributed by atoms with Gasteiger partial charge in [-0.3, -0.25) is 19.3 Å². The Kier molecular flexibility index (Phi) is 7.40. The number of nitrogens with one attached hydrogen (secondary N) is 1. The molecule has 0 spiro atoms. The second kappa shape index (κ2) is 10.5. The molecule has 194 valence electrons. The molecule has 0 saturated carbocycles. The Morgan fingerprint density at radius 1 is 1.30 bits per heavy atom. The van der Waals surface area contributed by atoms with E-state index in [2.05, 4.69) is 14.7 Å². The van der Waals surface area contributed by atoms with E-state index in [1.54, 1.807) is 13.0 Å². The molecule has 3 heterocycles. The lowest BCUT2D eigenvalue weighted by atomic mass is 9.64. The summed E-state index contributed by atoms with van der Waals surface area (Å²) in [5, 5.41) is 22.4. The summed E-state index contributed by atoms with van der Waals surface area (Å²) in [6.45, 7) is 2.11. The minimum atomic E-state index is -1.50. The molecule has 4 rings (SSSR count). The van der Waals surface area contributed by atoms with Crippen molar-refractivity contribution in [1.29, 1.82) is 0 Å². The first-order chi connectivity index (χ1) is 17.6. The van der Waals surface area contributed by atoms with E-state index in [4.69, 9.17) is 10.4 Å². The van der Waals surface area contributed by atoms with Crippen LogP contribution < -0.4 is 15.7 Å². The standard InChI is InChI=1S/C21H23BN6O8S/c1-2-27-6-7-28(18(31)17(27)30)21(34)24-14(16-25-20(23)37-26-16)13(29)9-11-8-10-4-3-5-12(19(32)33)15(10)36-22(11)35/h3-5,11,14,35H,2,6-9H2,1H3,(H,24,34)(H,32,33)(H2,23,25,26)/t11-,14?/m1/s1. The number of aromatic carboxylic acids is 1. The second-order valence-corrected chi connectivity index (χ2v) is 9.24. The van der Waals surface area contributed by atoms with Crippen molar-refractivity contribution in [3.63, 3.8) is 0 Å². The van der Waals surface area contributed by atoms with Gasteiger partial charge in [0.25, 0.3) is 0 Å². The van der Waals surface area contributed by atoms with Gasteiger partial charge in [-0.2, -0.15) is 4.37 Å². The summed E-state index contributed by atoms with van der Waals surface area (Å²) in [6.07, 6.45) is -0.179. The molecule has 16 heteroatoms. The Labute approximate surface area is 214 Å². The van der Waals surface area contributed by atoms with Crippen LogP contribution in [0.4, 0.5) is 9.93 Å². The number of carboxylic acid groups (broad SMARTS) is 1. The van der Waals surface area contributed by atoms with Crippen molar-refractivity contribution >= 4 is 53.4 Å². The average Bonchev–Trinajstić information content (AvgIpc) is 3.29. The van der Waals surface area contributed by atoms with Crippen LogP contribution in [0.25, 0.3) is 0 Å². The first-order valence-electron chi connectivity index (χ1n) is 11.3. The number of anilines is 1. The third kappa shape index (κ3) is 5.24. The Morgan fingerprint density at radius 2 is 2.05 bits per heavy atom. The van der Waals surface area contributed by atoms with Crippen LogP contribution in [0.1, 0.15) is 41.1 Å². The lowest BCUT2D eigenvalue weighted by Crippen LogP contribution is -2.58. The summed E-state index contributed by atoms with van der Waals surface area (Å²) in [5.74, 6) is -4.54. The molecule has 1 fully saturated rings. The van der Waals surface area contributed by atoms with E-state index in [0.717, 1.165) is 11.5 Å². The summed E-state index contributed by atoms with van der Waals surface area (Å²) < 4.78 is 9.45. The zero-order valence-electron chi connectivity index (χ0n) is 19.6. The summed E-state index contributed by atoms with van der Waals surface area (Å²) >= 11 is 0.801. The summed E-state index contributed by atoms with van der Waals surface area (Å²) in [4.78, 5) is 68.4. The molecule has 1 aromatic heterocycles. The molecule has 14 nitrogen and oxygen atoms in total. The Bertz CT molecular complexity index is 1270. The number of rotatable bonds is 7. The number of nitrogens with two attached hydrogens (primary N) is 1. The number of aromatic nitrogens is 2. The normalized spacial score (nSPS) is 18.2. The number of fused-ring (bicyclic) bond motifs is 1. The quantitative estimate of drug-likeness (QED) is 0.270. The SMILES string of the molecule is CCN1CCN(C(=O)NC(C(=O)C[C@H]2Cc3cccc(C(=O)O)c3OB2O)c2nsc(N)n2)C(=O)C1=O. The maximum absolute atomic E-state index is 13.3. The van der Waals surface area contributed by atoms with Crippen LogP contribution in [0.2, 0.25) is 5.82 Å². The Balaban J connectivity index is 1.52. The molecule has 0 bridgehead atoms. The van der Waals surface area contributed by atoms with Gasteiger partial charge in [-0.05, 0) is 25.0 Å². The number of nitrogens with zero attached hydrogens (tertiary/aromatic N) is 4. The van der Waals surface area contributed by atoms with Crippen molar-refractivity contribution in [2.24, 2.45) is 0 Å². The van der Waals surface area contributed by atoms with Gasteiger partial charge in [0, 0.05) is 43.4 Å². The number of urea groups is 1. The number of piperazine rings is 1. The lowest BCUT2D eigenvalue weighted by molar-refractivity contribution is -0.153. The predicted octanol–water partition coefficient (Wildman–Crippen LogP) is -0.295. The maximum atomic E-state index is 13.3. The maximum Gasteiger partial charge on any atom is 0.526 e. The highest BCUT2D eigenvalue weighted by Gasteiger charge is 2.41. The number of para-hydroxylation sites is 1. The molecule has 2 atom stereocenters. The Hall–Kier alpha value is -4.05. The molecule has 0 radical (unpaired) electrons. The van der Waals surface area contributed by atoms with E-state index in [-0.39, 0.29) is 48.2 Å². The van der Waals surface area contributed by atoms with E-state index in [0.29, 0.717) is 17.0 Å². The number of Topliss-reactive ketones (excluding diaryl/α,β-unsaturated/α-hetero) is 1. The van der Waals surface area contributed by atoms with Gasteiger partial charge in [-0.1, -0.05) is 12.1 Å². The van der Waals surface area contributed by atoms with Gasteiger partial charge in [0.15, 0.2) is 22.8 Å². The van der Waals surface area contributed by atoms with Crippen molar-refractivity contribution < 1.29 is 38.8 Å². The Morgan fingerprint density at radius 3 is 2.70 bits per heavy atom. The monoisotopic (exact) mass is 530 g/mol. The highest BCUT2D eigenvalue weighted by Crippen LogP contribution is 2.37. The molecule has 0 aliphatic carbocycles. The molecule has 1 unspecified atom stereocenters. The second-order valence-electron chi connectivity index (χ2n) is 8.46. The summed E-state index contributed by atoms with van der Waals surface area (Å²) in [6, 6.07) is 2.11. The zero-order chi connectivity index (χ0) is 26.9. The number of amides is 4. The lowest BCUT2D eigenvalue weighted by Gasteiger charge is -2.32. The number of carbonyl (C=O) groups is 5. The number of benzene rings is 1. The minimum absolute atomic E-state index is 0.0272.